The third-order valence-electron chi connectivity index (χ3n) is 8.14. The molecule has 1 saturated heterocycles. The normalized spacial score (nSPS) is 16.0. The van der Waals surface area contributed by atoms with E-state index in [1.807, 2.05) is 56.3 Å². The highest BCUT2D eigenvalue weighted by Crippen LogP contribution is 2.24. The van der Waals surface area contributed by atoms with E-state index in [0.717, 1.165) is 16.3 Å². The Balaban J connectivity index is 1.59. The maximum Gasteiger partial charge on any atom is 0.337 e. The van der Waals surface area contributed by atoms with Gasteiger partial charge in [0.15, 0.2) is 6.10 Å². The topological polar surface area (TPSA) is 163 Å². The maximum absolute atomic E-state index is 14.1. The summed E-state index contributed by atoms with van der Waals surface area (Å²) in [4.78, 5) is 62.7. The Morgan fingerprint density at radius 3 is 2.38 bits per heavy atom. The lowest BCUT2D eigenvalue weighted by Crippen LogP contribution is -2.56. The van der Waals surface area contributed by atoms with E-state index < -0.39 is 48.0 Å². The molecule has 12 nitrogen and oxygen atoms in total. The van der Waals surface area contributed by atoms with E-state index in [4.69, 9.17) is 9.47 Å². The Bertz CT molecular complexity index is 1480. The van der Waals surface area contributed by atoms with E-state index in [1.165, 1.54) is 6.33 Å². The molecule has 4 N–H and O–H groups in total. The van der Waals surface area contributed by atoms with Crippen LogP contribution in [0, 0.1) is 11.8 Å². The van der Waals surface area contributed by atoms with Crippen molar-refractivity contribution in [3.63, 3.8) is 0 Å². The number of aliphatic hydroxyl groups is 1. The Morgan fingerprint density at radius 1 is 0.979 bits per heavy atom. The monoisotopic (exact) mass is 649 g/mol. The van der Waals surface area contributed by atoms with Gasteiger partial charge in [0.05, 0.1) is 37.6 Å². The lowest BCUT2D eigenvalue weighted by molar-refractivity contribution is -0.159. The number of imidazole rings is 1. The predicted octanol–water partition coefficient (Wildman–Crippen LogP) is 2.54. The quantitative estimate of drug-likeness (QED) is 0.183. The fraction of sp³-hybridized carbons (Fsp3) is 0.514. The van der Waals surface area contributed by atoms with Gasteiger partial charge in [0, 0.05) is 37.8 Å². The van der Waals surface area contributed by atoms with E-state index in [9.17, 15) is 24.3 Å². The predicted molar refractivity (Wildman–Crippen MR) is 176 cm³/mol. The molecule has 254 valence electrons. The van der Waals surface area contributed by atoms with Gasteiger partial charge in [0.1, 0.15) is 6.04 Å². The van der Waals surface area contributed by atoms with Crippen molar-refractivity contribution in [3.05, 3.63) is 66.2 Å². The maximum atomic E-state index is 14.1. The number of rotatable bonds is 15. The molecule has 12 heteroatoms. The number of carbonyl (C=O) groups excluding carboxylic acids is 4. The summed E-state index contributed by atoms with van der Waals surface area (Å²) in [6, 6.07) is 11.7. The number of carbonyl (C=O) groups is 4. The number of fused-ring (bicyclic) bond motifs is 1. The fourth-order valence-corrected chi connectivity index (χ4v) is 5.79. The van der Waals surface area contributed by atoms with Crippen LogP contribution >= 0.6 is 0 Å². The SMILES string of the molecule is CC(C)C[C@H](NC(=O)[C@H](Cc1cnc[nH]1)NC(=O)C(CC(=O)N1CCOCC1)Cc1cccc2ccccc12)C(O)C(=O)OC(C)C. The fourth-order valence-electron chi connectivity index (χ4n) is 5.79. The molecule has 0 radical (unpaired) electrons. The number of aromatic amines is 1. The van der Waals surface area contributed by atoms with Gasteiger partial charge in [-0.05, 0) is 48.9 Å². The second kappa shape index (κ2) is 17.0. The molecule has 1 aliphatic heterocycles. The second-order valence-corrected chi connectivity index (χ2v) is 12.8. The van der Waals surface area contributed by atoms with Gasteiger partial charge < -0.3 is 35.1 Å². The molecule has 1 fully saturated rings. The number of esters is 1. The summed E-state index contributed by atoms with van der Waals surface area (Å²) >= 11 is 0. The molecule has 4 atom stereocenters. The van der Waals surface area contributed by atoms with Crippen molar-refractivity contribution in [2.45, 2.75) is 77.7 Å². The molecule has 3 amide bonds. The minimum absolute atomic E-state index is 0.0266. The van der Waals surface area contributed by atoms with Crippen LogP contribution in [0.3, 0.4) is 0 Å². The summed E-state index contributed by atoms with van der Waals surface area (Å²) in [5.41, 5.74) is 1.51. The molecule has 3 aromatic rings. The number of amides is 3. The molecule has 2 aromatic carbocycles. The highest BCUT2D eigenvalue weighted by molar-refractivity contribution is 5.92. The molecular weight excluding hydrogens is 602 g/mol. The van der Waals surface area contributed by atoms with Crippen molar-refractivity contribution in [1.29, 1.82) is 0 Å². The number of benzene rings is 2. The third-order valence-corrected chi connectivity index (χ3v) is 8.14. The summed E-state index contributed by atoms with van der Waals surface area (Å²) in [5, 5.41) is 18.6. The molecule has 0 saturated carbocycles. The van der Waals surface area contributed by atoms with Gasteiger partial charge in [-0.15, -0.1) is 0 Å². The molecule has 4 rings (SSSR count). The van der Waals surface area contributed by atoms with Crippen molar-refractivity contribution in [1.82, 2.24) is 25.5 Å². The number of nitrogens with one attached hydrogen (secondary N) is 3. The zero-order chi connectivity index (χ0) is 33.9. The highest BCUT2D eigenvalue weighted by atomic mass is 16.6. The number of aliphatic hydroxyl groups excluding tert-OH is 1. The molecule has 47 heavy (non-hydrogen) atoms. The zero-order valence-corrected chi connectivity index (χ0v) is 27.6. The Labute approximate surface area is 275 Å². The molecule has 2 heterocycles. The smallest absolute Gasteiger partial charge is 0.337 e. The minimum Gasteiger partial charge on any atom is -0.461 e. The van der Waals surface area contributed by atoms with Crippen molar-refractivity contribution < 1.29 is 33.8 Å². The first-order chi connectivity index (χ1) is 22.5. The van der Waals surface area contributed by atoms with Gasteiger partial charge >= 0.3 is 5.97 Å². The lowest BCUT2D eigenvalue weighted by atomic mass is 9.91. The van der Waals surface area contributed by atoms with Crippen molar-refractivity contribution >= 4 is 34.5 Å². The van der Waals surface area contributed by atoms with Crippen LogP contribution in [-0.2, 0) is 41.5 Å². The molecule has 1 aliphatic rings. The summed E-state index contributed by atoms with van der Waals surface area (Å²) in [6.07, 6.45) is 1.57. The van der Waals surface area contributed by atoms with Gasteiger partial charge in [-0.2, -0.15) is 0 Å². The Hall–Kier alpha value is -4.29. The van der Waals surface area contributed by atoms with Gasteiger partial charge in [-0.25, -0.2) is 9.78 Å². The zero-order valence-electron chi connectivity index (χ0n) is 27.6. The standard InChI is InChI=1S/C35H47N5O7/c1-22(2)16-29(32(42)35(45)47-23(3)4)38-34(44)30(19-27-20-36-21-37-27)39-33(43)26(18-31(41)40-12-14-46-15-13-40)17-25-10-7-9-24-8-5-6-11-28(24)25/h5-11,20-23,26,29-30,32,42H,12-19H2,1-4H3,(H,36,37)(H,38,44)(H,39,43)/t26?,29-,30-,32?/m0/s1. The number of morpholine rings is 1. The van der Waals surface area contributed by atoms with Crippen LogP contribution in [0.5, 0.6) is 0 Å². The van der Waals surface area contributed by atoms with Crippen LogP contribution in [0.4, 0.5) is 0 Å². The van der Waals surface area contributed by atoms with E-state index in [1.54, 1.807) is 24.9 Å². The summed E-state index contributed by atoms with van der Waals surface area (Å²) in [5.74, 6) is -2.80. The minimum atomic E-state index is -1.60. The van der Waals surface area contributed by atoms with Crippen LogP contribution in [0.2, 0.25) is 0 Å². The first-order valence-electron chi connectivity index (χ1n) is 16.3. The van der Waals surface area contributed by atoms with Crippen molar-refractivity contribution in [3.8, 4) is 0 Å². The van der Waals surface area contributed by atoms with Crippen molar-refractivity contribution in [2.24, 2.45) is 11.8 Å². The number of hydrogen-bond acceptors (Lipinski definition) is 8. The van der Waals surface area contributed by atoms with E-state index in [2.05, 4.69) is 20.6 Å². The largest absolute Gasteiger partial charge is 0.461 e. The average molecular weight is 650 g/mol. The Kier molecular flexibility index (Phi) is 12.9. The summed E-state index contributed by atoms with van der Waals surface area (Å²) in [6.45, 7) is 8.94. The number of hydrogen-bond donors (Lipinski definition) is 4. The van der Waals surface area contributed by atoms with Gasteiger partial charge in [0.25, 0.3) is 0 Å². The Morgan fingerprint density at radius 2 is 1.70 bits per heavy atom. The molecule has 1 aromatic heterocycles. The molecule has 0 bridgehead atoms. The molecule has 2 unspecified atom stereocenters. The van der Waals surface area contributed by atoms with Gasteiger partial charge in [0.2, 0.25) is 17.7 Å². The number of aromatic nitrogens is 2. The van der Waals surface area contributed by atoms with Gasteiger partial charge in [-0.1, -0.05) is 56.3 Å². The lowest BCUT2D eigenvalue weighted by Gasteiger charge is -2.30. The summed E-state index contributed by atoms with van der Waals surface area (Å²) < 4.78 is 10.6. The number of nitrogens with zero attached hydrogens (tertiary/aromatic N) is 2. The number of ether oxygens (including phenoxy) is 2. The van der Waals surface area contributed by atoms with E-state index in [0.29, 0.717) is 38.4 Å². The van der Waals surface area contributed by atoms with Crippen LogP contribution in [-0.4, -0.2) is 94.3 Å². The van der Waals surface area contributed by atoms with Crippen molar-refractivity contribution in [2.75, 3.05) is 26.3 Å². The molecule has 0 aliphatic carbocycles. The van der Waals surface area contributed by atoms with Gasteiger partial charge in [-0.3, -0.25) is 14.4 Å². The average Bonchev–Trinajstić information content (AvgIpc) is 3.56. The number of H-pyrrole nitrogens is 1. The third kappa shape index (κ3) is 10.4. The van der Waals surface area contributed by atoms with Crippen LogP contribution in [0.25, 0.3) is 10.8 Å². The second-order valence-electron chi connectivity index (χ2n) is 12.8. The first kappa shape index (κ1) is 35.6. The first-order valence-corrected chi connectivity index (χ1v) is 16.3. The summed E-state index contributed by atoms with van der Waals surface area (Å²) in [7, 11) is 0. The molecule has 0 spiro atoms. The molecular formula is C35H47N5O7. The van der Waals surface area contributed by atoms with E-state index >= 15 is 0 Å². The highest BCUT2D eigenvalue weighted by Gasteiger charge is 2.34. The van der Waals surface area contributed by atoms with Crippen LogP contribution in [0.15, 0.2) is 55.0 Å². The van der Waals surface area contributed by atoms with Crippen LogP contribution < -0.4 is 10.6 Å². The van der Waals surface area contributed by atoms with Crippen LogP contribution in [0.1, 0.15) is 51.8 Å². The van der Waals surface area contributed by atoms with E-state index in [-0.39, 0.29) is 31.1 Å².